The maximum absolute atomic E-state index is 4.47. The van der Waals surface area contributed by atoms with Crippen LogP contribution in [0.15, 0.2) is 6.33 Å². The lowest BCUT2D eigenvalue weighted by atomic mass is 9.92. The maximum atomic E-state index is 4.47. The van der Waals surface area contributed by atoms with Gasteiger partial charge in [0.1, 0.15) is 18.0 Å². The van der Waals surface area contributed by atoms with E-state index in [1.165, 1.54) is 12.8 Å². The van der Waals surface area contributed by atoms with Gasteiger partial charge in [0.25, 0.3) is 0 Å². The molecule has 1 aromatic heterocycles. The van der Waals surface area contributed by atoms with E-state index in [2.05, 4.69) is 41.0 Å². The lowest BCUT2D eigenvalue weighted by Crippen LogP contribution is -2.43. The Morgan fingerprint density at radius 3 is 2.82 bits per heavy atom. The molecule has 2 unspecified atom stereocenters. The van der Waals surface area contributed by atoms with Crippen LogP contribution in [0.5, 0.6) is 0 Å². The van der Waals surface area contributed by atoms with Crippen LogP contribution in [-0.2, 0) is 0 Å². The summed E-state index contributed by atoms with van der Waals surface area (Å²) in [6.07, 6.45) is 4.23. The molecule has 0 spiro atoms. The van der Waals surface area contributed by atoms with Crippen LogP contribution in [0.2, 0.25) is 0 Å². The summed E-state index contributed by atoms with van der Waals surface area (Å²) in [6.45, 7) is 7.82. The van der Waals surface area contributed by atoms with Gasteiger partial charge in [0.05, 0.1) is 0 Å². The molecule has 0 saturated carbocycles. The van der Waals surface area contributed by atoms with Crippen LogP contribution < -0.4 is 10.2 Å². The molecule has 94 valence electrons. The van der Waals surface area contributed by atoms with Crippen molar-refractivity contribution in [2.24, 2.45) is 5.92 Å². The molecule has 4 heteroatoms. The topological polar surface area (TPSA) is 41.1 Å². The Balaban J connectivity index is 2.33. The van der Waals surface area contributed by atoms with E-state index in [1.54, 1.807) is 6.33 Å². The number of piperidine rings is 1. The van der Waals surface area contributed by atoms with E-state index in [0.717, 1.165) is 29.7 Å². The van der Waals surface area contributed by atoms with E-state index in [-0.39, 0.29) is 0 Å². The molecule has 2 heterocycles. The first kappa shape index (κ1) is 12.1. The molecule has 1 fully saturated rings. The van der Waals surface area contributed by atoms with Crippen LogP contribution in [0.3, 0.4) is 0 Å². The largest absolute Gasteiger partial charge is 0.373 e. The zero-order valence-corrected chi connectivity index (χ0v) is 11.2. The Morgan fingerprint density at radius 2 is 2.12 bits per heavy atom. The van der Waals surface area contributed by atoms with Gasteiger partial charge in [0.15, 0.2) is 0 Å². The van der Waals surface area contributed by atoms with Gasteiger partial charge in [-0.2, -0.15) is 0 Å². The average molecular weight is 234 g/mol. The van der Waals surface area contributed by atoms with Crippen LogP contribution in [0.25, 0.3) is 0 Å². The highest BCUT2D eigenvalue weighted by molar-refractivity contribution is 5.58. The van der Waals surface area contributed by atoms with Crippen LogP contribution in [0.4, 0.5) is 11.6 Å². The number of hydrogen-bond donors (Lipinski definition) is 1. The fourth-order valence-electron chi connectivity index (χ4n) is 2.62. The van der Waals surface area contributed by atoms with Crippen molar-refractivity contribution in [3.63, 3.8) is 0 Å². The third-order valence-corrected chi connectivity index (χ3v) is 3.94. The second-order valence-corrected chi connectivity index (χ2v) is 4.97. The molecular weight excluding hydrogens is 212 g/mol. The van der Waals surface area contributed by atoms with E-state index < -0.39 is 0 Å². The van der Waals surface area contributed by atoms with Crippen molar-refractivity contribution in [3.8, 4) is 0 Å². The summed E-state index contributed by atoms with van der Waals surface area (Å²) >= 11 is 0. The van der Waals surface area contributed by atoms with Gasteiger partial charge in [0.2, 0.25) is 0 Å². The van der Waals surface area contributed by atoms with E-state index in [0.29, 0.717) is 6.04 Å². The molecule has 2 rings (SSSR count). The Labute approximate surface area is 103 Å². The summed E-state index contributed by atoms with van der Waals surface area (Å²) in [7, 11) is 1.90. The van der Waals surface area contributed by atoms with Gasteiger partial charge in [-0.25, -0.2) is 9.97 Å². The molecule has 1 N–H and O–H groups in total. The molecule has 2 atom stereocenters. The molecule has 0 amide bonds. The second-order valence-electron chi connectivity index (χ2n) is 4.97. The summed E-state index contributed by atoms with van der Waals surface area (Å²) in [4.78, 5) is 11.1. The molecule has 0 aromatic carbocycles. The number of nitrogens with one attached hydrogen (secondary N) is 1. The van der Waals surface area contributed by atoms with Crippen LogP contribution >= 0.6 is 0 Å². The molecular formula is C13H22N4. The van der Waals surface area contributed by atoms with Gasteiger partial charge in [-0.3, -0.25) is 0 Å². The van der Waals surface area contributed by atoms with Gasteiger partial charge in [0, 0.05) is 25.2 Å². The van der Waals surface area contributed by atoms with E-state index >= 15 is 0 Å². The van der Waals surface area contributed by atoms with Crippen LogP contribution in [0.1, 0.15) is 32.3 Å². The number of nitrogens with zero attached hydrogens (tertiary/aromatic N) is 3. The summed E-state index contributed by atoms with van der Waals surface area (Å²) in [5.41, 5.74) is 1.15. The SMILES string of the molecule is CNc1ncnc(N2CCCC(C)C2C)c1C. The quantitative estimate of drug-likeness (QED) is 0.853. The fourth-order valence-corrected chi connectivity index (χ4v) is 2.62. The Hall–Kier alpha value is -1.32. The third kappa shape index (κ3) is 2.21. The summed E-state index contributed by atoms with van der Waals surface area (Å²) in [6, 6.07) is 0.557. The smallest absolute Gasteiger partial charge is 0.137 e. The van der Waals surface area contributed by atoms with Gasteiger partial charge in [-0.05, 0) is 32.6 Å². The molecule has 4 nitrogen and oxygen atoms in total. The highest BCUT2D eigenvalue weighted by Crippen LogP contribution is 2.30. The molecule has 0 radical (unpaired) electrons. The average Bonchev–Trinajstić information content (AvgIpc) is 2.33. The zero-order chi connectivity index (χ0) is 12.4. The normalized spacial score (nSPS) is 24.8. The monoisotopic (exact) mass is 234 g/mol. The van der Waals surface area contributed by atoms with E-state index in [9.17, 15) is 0 Å². The van der Waals surface area contributed by atoms with Crippen molar-refractivity contribution < 1.29 is 0 Å². The minimum atomic E-state index is 0.557. The number of hydrogen-bond acceptors (Lipinski definition) is 4. The van der Waals surface area contributed by atoms with Gasteiger partial charge < -0.3 is 10.2 Å². The molecule has 1 saturated heterocycles. The summed E-state index contributed by atoms with van der Waals surface area (Å²) < 4.78 is 0. The van der Waals surface area contributed by atoms with E-state index in [1.807, 2.05) is 7.05 Å². The molecule has 0 aliphatic carbocycles. The highest BCUT2D eigenvalue weighted by atomic mass is 15.2. The minimum Gasteiger partial charge on any atom is -0.373 e. The van der Waals surface area contributed by atoms with Gasteiger partial charge in [-0.1, -0.05) is 6.92 Å². The summed E-state index contributed by atoms with van der Waals surface area (Å²) in [5, 5.41) is 3.12. The lowest BCUT2D eigenvalue weighted by molar-refractivity contribution is 0.361. The van der Waals surface area contributed by atoms with Crippen molar-refractivity contribution in [1.29, 1.82) is 0 Å². The standard InChI is InChI=1S/C13H22N4/c1-9-6-5-7-17(11(9)3)13-10(2)12(14-4)15-8-16-13/h8-9,11H,5-7H2,1-4H3,(H,14,15,16). The lowest BCUT2D eigenvalue weighted by Gasteiger charge is -2.39. The minimum absolute atomic E-state index is 0.557. The molecule has 1 aromatic rings. The van der Waals surface area contributed by atoms with Crippen LogP contribution in [0, 0.1) is 12.8 Å². The number of anilines is 2. The number of aromatic nitrogens is 2. The predicted octanol–water partition coefficient (Wildman–Crippen LogP) is 2.45. The first-order chi connectivity index (χ1) is 8.15. The molecule has 0 bridgehead atoms. The summed E-state index contributed by atoms with van der Waals surface area (Å²) in [5.74, 6) is 2.75. The zero-order valence-electron chi connectivity index (χ0n) is 11.2. The molecule has 1 aliphatic heterocycles. The number of rotatable bonds is 2. The molecule has 17 heavy (non-hydrogen) atoms. The van der Waals surface area contributed by atoms with Crippen molar-refractivity contribution in [3.05, 3.63) is 11.9 Å². The van der Waals surface area contributed by atoms with Crippen molar-refractivity contribution in [1.82, 2.24) is 9.97 Å². The first-order valence-corrected chi connectivity index (χ1v) is 6.41. The van der Waals surface area contributed by atoms with Gasteiger partial charge in [-0.15, -0.1) is 0 Å². The first-order valence-electron chi connectivity index (χ1n) is 6.41. The molecule has 1 aliphatic rings. The highest BCUT2D eigenvalue weighted by Gasteiger charge is 2.27. The second kappa shape index (κ2) is 4.90. The van der Waals surface area contributed by atoms with Crippen molar-refractivity contribution in [2.45, 2.75) is 39.7 Å². The Morgan fingerprint density at radius 1 is 1.35 bits per heavy atom. The van der Waals surface area contributed by atoms with Crippen molar-refractivity contribution >= 4 is 11.6 Å². The predicted molar refractivity (Wildman–Crippen MR) is 71.5 cm³/mol. The Bertz CT molecular complexity index is 391. The third-order valence-electron chi connectivity index (χ3n) is 3.94. The van der Waals surface area contributed by atoms with Crippen LogP contribution in [-0.4, -0.2) is 29.6 Å². The Kier molecular flexibility index (Phi) is 3.50. The van der Waals surface area contributed by atoms with E-state index in [4.69, 9.17) is 0 Å². The van der Waals surface area contributed by atoms with Gasteiger partial charge >= 0.3 is 0 Å². The maximum Gasteiger partial charge on any atom is 0.137 e. The fraction of sp³-hybridized carbons (Fsp3) is 0.692. The van der Waals surface area contributed by atoms with Crippen molar-refractivity contribution in [2.75, 3.05) is 23.8 Å².